The summed E-state index contributed by atoms with van der Waals surface area (Å²) in [5, 5.41) is 12.2. The van der Waals surface area contributed by atoms with Gasteiger partial charge in [-0.25, -0.2) is 9.80 Å². The second-order valence-electron chi connectivity index (χ2n) is 4.40. The van der Waals surface area contributed by atoms with Gasteiger partial charge in [0.2, 0.25) is 0 Å². The van der Waals surface area contributed by atoms with Gasteiger partial charge in [-0.05, 0) is 25.0 Å². The van der Waals surface area contributed by atoms with Crippen LogP contribution in [0.3, 0.4) is 0 Å². The molecule has 6 heteroatoms. The zero-order chi connectivity index (χ0) is 13.7. The lowest BCUT2D eigenvalue weighted by molar-refractivity contribution is -0.131. The Morgan fingerprint density at radius 2 is 2.05 bits per heavy atom. The molecule has 1 aliphatic rings. The van der Waals surface area contributed by atoms with Crippen molar-refractivity contribution >= 4 is 29.3 Å². The lowest BCUT2D eigenvalue weighted by atomic mass is 10.2. The number of rotatable bonds is 4. The topological polar surface area (TPSA) is 69.6 Å². The third-order valence-electron chi connectivity index (χ3n) is 2.89. The molecule has 102 valence electrons. The highest BCUT2D eigenvalue weighted by Crippen LogP contribution is 2.16. The summed E-state index contributed by atoms with van der Waals surface area (Å²) >= 11 is 1.35. The van der Waals surface area contributed by atoms with E-state index in [1.807, 2.05) is 5.01 Å². The summed E-state index contributed by atoms with van der Waals surface area (Å²) in [6.45, 7) is 1.78. The maximum absolute atomic E-state index is 12.0. The van der Waals surface area contributed by atoms with Crippen molar-refractivity contribution in [1.29, 1.82) is 0 Å². The Morgan fingerprint density at radius 1 is 1.32 bits per heavy atom. The fourth-order valence-electron chi connectivity index (χ4n) is 1.93. The van der Waals surface area contributed by atoms with E-state index in [1.54, 1.807) is 11.4 Å². The molecule has 0 aliphatic carbocycles. The Morgan fingerprint density at radius 3 is 2.74 bits per heavy atom. The molecule has 2 heterocycles. The number of nitrogens with one attached hydrogen (secondary N) is 1. The molecule has 2 N–H and O–H groups in total. The molecule has 0 saturated carbocycles. The monoisotopic (exact) mass is 280 g/mol. The van der Waals surface area contributed by atoms with E-state index in [-0.39, 0.29) is 5.91 Å². The number of carboxylic acid groups (broad SMARTS) is 1. The van der Waals surface area contributed by atoms with Crippen molar-refractivity contribution in [2.45, 2.75) is 19.3 Å². The summed E-state index contributed by atoms with van der Waals surface area (Å²) in [4.78, 5) is 23.1. The van der Waals surface area contributed by atoms with E-state index in [4.69, 9.17) is 5.11 Å². The molecular weight excluding hydrogens is 264 g/mol. The minimum atomic E-state index is -0.993. The number of thiophene rings is 1. The Hall–Kier alpha value is -1.66. The fourth-order valence-corrected chi connectivity index (χ4v) is 2.71. The van der Waals surface area contributed by atoms with E-state index >= 15 is 0 Å². The van der Waals surface area contributed by atoms with Gasteiger partial charge in [0, 0.05) is 29.4 Å². The Kier molecular flexibility index (Phi) is 4.70. The molecule has 0 radical (unpaired) electrons. The number of hydrogen-bond donors (Lipinski definition) is 2. The second-order valence-corrected chi connectivity index (χ2v) is 5.34. The van der Waals surface area contributed by atoms with Gasteiger partial charge in [-0.2, -0.15) is 0 Å². The predicted molar refractivity (Wildman–Crippen MR) is 73.9 cm³/mol. The molecule has 1 aromatic rings. The summed E-state index contributed by atoms with van der Waals surface area (Å²) in [6.07, 6.45) is 5.99. The third kappa shape index (κ3) is 4.18. The van der Waals surface area contributed by atoms with E-state index in [9.17, 15) is 9.59 Å². The van der Waals surface area contributed by atoms with Gasteiger partial charge in [0.15, 0.2) is 0 Å². The van der Waals surface area contributed by atoms with Crippen molar-refractivity contribution in [2.24, 2.45) is 0 Å². The number of carbonyl (C=O) groups is 2. The first kappa shape index (κ1) is 13.8. The number of aliphatic carboxylic acids is 1. The molecule has 1 amide bonds. The van der Waals surface area contributed by atoms with Gasteiger partial charge in [0.25, 0.3) is 5.91 Å². The number of piperidine rings is 1. The number of carboxylic acids is 1. The summed E-state index contributed by atoms with van der Waals surface area (Å²) in [7, 11) is 0. The summed E-state index contributed by atoms with van der Waals surface area (Å²) < 4.78 is 0. The molecule has 0 aromatic carbocycles. The van der Waals surface area contributed by atoms with Crippen LogP contribution >= 0.6 is 11.3 Å². The smallest absolute Gasteiger partial charge is 0.328 e. The molecule has 5 nitrogen and oxygen atoms in total. The van der Waals surface area contributed by atoms with Crippen molar-refractivity contribution in [3.63, 3.8) is 0 Å². The van der Waals surface area contributed by atoms with Gasteiger partial charge in [-0.15, -0.1) is 11.3 Å². The van der Waals surface area contributed by atoms with E-state index < -0.39 is 5.97 Å². The van der Waals surface area contributed by atoms with E-state index in [0.29, 0.717) is 5.56 Å². The van der Waals surface area contributed by atoms with Crippen LogP contribution in [0.5, 0.6) is 0 Å². The molecule has 1 aromatic heterocycles. The molecule has 1 saturated heterocycles. The minimum Gasteiger partial charge on any atom is -0.478 e. The van der Waals surface area contributed by atoms with Crippen LogP contribution in [-0.2, 0) is 4.79 Å². The Bertz CT molecular complexity index is 490. The van der Waals surface area contributed by atoms with Crippen molar-refractivity contribution in [2.75, 3.05) is 13.1 Å². The normalized spacial score (nSPS) is 16.6. The molecule has 2 rings (SSSR count). The highest BCUT2D eigenvalue weighted by molar-refractivity contribution is 7.11. The van der Waals surface area contributed by atoms with Gasteiger partial charge < -0.3 is 5.11 Å². The molecule has 1 fully saturated rings. The average Bonchev–Trinajstić information content (AvgIpc) is 2.86. The fraction of sp³-hybridized carbons (Fsp3) is 0.385. The summed E-state index contributed by atoms with van der Waals surface area (Å²) in [6, 6.07) is 1.70. The van der Waals surface area contributed by atoms with Crippen molar-refractivity contribution < 1.29 is 14.7 Å². The highest BCUT2D eigenvalue weighted by Gasteiger charge is 2.14. The molecular formula is C13H16N2O3S. The standard InChI is InChI=1S/C13H16N2O3S/c16-12(17)5-4-11-8-10(9-19-11)13(18)14-15-6-2-1-3-7-15/h4-5,8-9H,1-3,6-7H2,(H,14,18)(H,16,17)/b5-4+. The van der Waals surface area contributed by atoms with Crippen molar-refractivity contribution in [3.8, 4) is 0 Å². The number of hydrazine groups is 1. The molecule has 19 heavy (non-hydrogen) atoms. The second kappa shape index (κ2) is 6.49. The van der Waals surface area contributed by atoms with Gasteiger partial charge >= 0.3 is 5.97 Å². The van der Waals surface area contributed by atoms with Crippen LogP contribution in [0, 0.1) is 0 Å². The van der Waals surface area contributed by atoms with Crippen LogP contribution in [-0.4, -0.2) is 35.1 Å². The van der Waals surface area contributed by atoms with Crippen LogP contribution < -0.4 is 5.43 Å². The van der Waals surface area contributed by atoms with Crippen LogP contribution in [0.15, 0.2) is 17.5 Å². The SMILES string of the molecule is O=C(O)/C=C/c1cc(C(=O)NN2CCCCC2)cs1. The van der Waals surface area contributed by atoms with Gasteiger partial charge in [-0.1, -0.05) is 6.42 Å². The quantitative estimate of drug-likeness (QED) is 0.827. The van der Waals surface area contributed by atoms with Crippen LogP contribution in [0.4, 0.5) is 0 Å². The van der Waals surface area contributed by atoms with E-state index in [2.05, 4.69) is 5.43 Å². The zero-order valence-corrected chi connectivity index (χ0v) is 11.3. The molecule has 0 bridgehead atoms. The zero-order valence-electron chi connectivity index (χ0n) is 10.5. The molecule has 1 aliphatic heterocycles. The lowest BCUT2D eigenvalue weighted by Gasteiger charge is -2.26. The lowest BCUT2D eigenvalue weighted by Crippen LogP contribution is -2.44. The Labute approximate surface area is 115 Å². The maximum atomic E-state index is 12.0. The maximum Gasteiger partial charge on any atom is 0.328 e. The van der Waals surface area contributed by atoms with Gasteiger partial charge in [-0.3, -0.25) is 10.2 Å². The van der Waals surface area contributed by atoms with Crippen LogP contribution in [0.1, 0.15) is 34.5 Å². The molecule has 0 atom stereocenters. The van der Waals surface area contributed by atoms with Crippen molar-refractivity contribution in [3.05, 3.63) is 28.0 Å². The van der Waals surface area contributed by atoms with E-state index in [1.165, 1.54) is 23.8 Å². The first-order valence-corrected chi connectivity index (χ1v) is 7.08. The van der Waals surface area contributed by atoms with Crippen LogP contribution in [0.25, 0.3) is 6.08 Å². The number of hydrogen-bond acceptors (Lipinski definition) is 4. The largest absolute Gasteiger partial charge is 0.478 e. The average molecular weight is 280 g/mol. The number of carbonyl (C=O) groups excluding carboxylic acids is 1. The molecule has 0 unspecified atom stereocenters. The number of amides is 1. The predicted octanol–water partition coefficient (Wildman–Crippen LogP) is 1.98. The van der Waals surface area contributed by atoms with Crippen LogP contribution in [0.2, 0.25) is 0 Å². The highest BCUT2D eigenvalue weighted by atomic mass is 32.1. The summed E-state index contributed by atoms with van der Waals surface area (Å²) in [5.41, 5.74) is 3.44. The summed E-state index contributed by atoms with van der Waals surface area (Å²) in [5.74, 6) is -1.12. The minimum absolute atomic E-state index is 0.131. The van der Waals surface area contributed by atoms with Gasteiger partial charge in [0.05, 0.1) is 5.56 Å². The third-order valence-corrected chi connectivity index (χ3v) is 3.79. The Balaban J connectivity index is 1.93. The van der Waals surface area contributed by atoms with Crippen molar-refractivity contribution in [1.82, 2.24) is 10.4 Å². The first-order chi connectivity index (χ1) is 9.15. The molecule has 0 spiro atoms. The van der Waals surface area contributed by atoms with Gasteiger partial charge in [0.1, 0.15) is 0 Å². The van der Waals surface area contributed by atoms with E-state index in [0.717, 1.165) is 36.9 Å². The number of nitrogens with zero attached hydrogens (tertiary/aromatic N) is 1. The first-order valence-electron chi connectivity index (χ1n) is 6.20.